The zero-order valence-electron chi connectivity index (χ0n) is 39.7. The molecule has 26 aliphatic rings. The second-order valence-electron chi connectivity index (χ2n) is 29.2. The molecule has 8 heterocycles. The van der Waals surface area contributed by atoms with E-state index in [0.29, 0.717) is 28.7 Å². The van der Waals surface area contributed by atoms with Gasteiger partial charge in [-0.05, 0) is 90.9 Å². The fourth-order valence-corrected chi connectivity index (χ4v) is 30.0. The monoisotopic (exact) mass is 1030 g/mol. The molecule has 0 radical (unpaired) electrons. The predicted molar refractivity (Wildman–Crippen MR) is 234 cm³/mol. The van der Waals surface area contributed by atoms with E-state index in [1.165, 1.54) is 6.08 Å². The van der Waals surface area contributed by atoms with Crippen molar-refractivity contribution in [3.8, 4) is 0 Å². The third-order valence-electron chi connectivity index (χ3n) is 29.8. The molecule has 0 aromatic heterocycles. The third kappa shape index (κ3) is 2.19. The van der Waals surface area contributed by atoms with Gasteiger partial charge in [0, 0.05) is 58.8 Å². The number of aliphatic hydroxyl groups is 5. The molecule has 0 bridgehead atoms. The first-order valence-electron chi connectivity index (χ1n) is 27.8. The molecule has 0 amide bonds. The molecule has 76 heavy (non-hydrogen) atoms. The Morgan fingerprint density at radius 3 is 2.36 bits per heavy atom. The maximum absolute atomic E-state index is 16.2. The highest BCUT2D eigenvalue weighted by molar-refractivity contribution is 5.95. The fraction of sp³-hybridized carbons (Fsp3) is 0.667. The molecule has 8 aliphatic heterocycles. The Hall–Kier alpha value is -4.51. The number of hydrogen-bond acceptors (Lipinski definition) is 16. The van der Waals surface area contributed by atoms with E-state index in [-0.39, 0.29) is 47.5 Å². The van der Waals surface area contributed by atoms with Crippen LogP contribution in [0.25, 0.3) is 0 Å². The van der Waals surface area contributed by atoms with Gasteiger partial charge in [-0.15, -0.1) is 0 Å². The Kier molecular flexibility index (Phi) is 4.25. The third-order valence-corrected chi connectivity index (χ3v) is 29.8. The van der Waals surface area contributed by atoms with Gasteiger partial charge < -0.3 is 78.7 Å². The molecule has 19 heteroatoms. The topological polar surface area (TPSA) is 313 Å². The van der Waals surface area contributed by atoms with Gasteiger partial charge in [0.15, 0.2) is 16.8 Å². The summed E-state index contributed by atoms with van der Waals surface area (Å²) in [6.45, 7) is 1.83. The highest BCUT2D eigenvalue weighted by atomic mass is 16.8. The Labute approximate surface area is 425 Å². The van der Waals surface area contributed by atoms with Crippen LogP contribution in [-0.2, 0) is 52.3 Å². The van der Waals surface area contributed by atoms with Crippen molar-refractivity contribution in [2.24, 2.45) is 94.7 Å². The summed E-state index contributed by atoms with van der Waals surface area (Å²) in [4.78, 5) is 41.8. The molecule has 16 unspecified atom stereocenters. The Morgan fingerprint density at radius 1 is 0.737 bits per heavy atom. The lowest BCUT2D eigenvalue weighted by atomic mass is 9.18. The molecule has 20 fully saturated rings. The molecule has 0 aromatic carbocycles. The first kappa shape index (κ1) is 38.2. The van der Waals surface area contributed by atoms with Crippen LogP contribution >= 0.6 is 0 Å². The minimum absolute atomic E-state index is 0.0810. The molecule has 33 atom stereocenters. The number of rotatable bonds is 3. The Bertz CT molecular complexity index is 3930. The molecule has 13 spiro atoms. The van der Waals surface area contributed by atoms with Crippen LogP contribution in [0.15, 0.2) is 93.1 Å². The number of carboxylic acids is 3. The summed E-state index contributed by atoms with van der Waals surface area (Å²) < 4.78 is 62.3. The van der Waals surface area contributed by atoms with E-state index in [1.54, 1.807) is 30.4 Å². The summed E-state index contributed by atoms with van der Waals surface area (Å²) in [6, 6.07) is 0. The van der Waals surface area contributed by atoms with Crippen LogP contribution in [-0.4, -0.2) is 154 Å². The second kappa shape index (κ2) is 8.47. The highest BCUT2D eigenvalue weighted by Crippen LogP contribution is 3.10. The van der Waals surface area contributed by atoms with Gasteiger partial charge >= 0.3 is 17.9 Å². The SMILES string of the molecule is CC1=C2C(C(=O)O)C3=CC(C(=O)O)=CC4CC5[C@@]67O[C@]68C6C(C2[C@]72O[C@]342)[C@]23O[C@]12C(O)=CC1C[C@]24O[C@@]2(O)C2C=CC(O)=C7C9C=C(C(=O)O)C%10=CCC%11C[C@]%12(O[C@]5%12O)C8[C@@]58O[C@@]%115C%10C9C5[C@@]8(O)C6[C@@]6(O[C@]64[C@]54O[C@@]724)C13. The lowest BCUT2D eigenvalue weighted by molar-refractivity contribution is -0.339. The van der Waals surface area contributed by atoms with Crippen molar-refractivity contribution in [3.63, 3.8) is 0 Å². The van der Waals surface area contributed by atoms with Gasteiger partial charge in [-0.25, -0.2) is 9.59 Å². The van der Waals surface area contributed by atoms with Gasteiger partial charge in [-0.1, -0.05) is 24.3 Å². The maximum atomic E-state index is 16.2. The minimum Gasteiger partial charge on any atom is -0.509 e. The van der Waals surface area contributed by atoms with E-state index >= 15 is 5.11 Å². The van der Waals surface area contributed by atoms with Crippen LogP contribution in [0.5, 0.6) is 0 Å². The van der Waals surface area contributed by atoms with E-state index < -0.39 is 208 Å². The minimum atomic E-state index is -1.98. The van der Waals surface area contributed by atoms with Gasteiger partial charge in [0.1, 0.15) is 84.6 Å². The van der Waals surface area contributed by atoms with E-state index in [9.17, 15) is 50.1 Å². The van der Waals surface area contributed by atoms with Crippen molar-refractivity contribution in [2.75, 3.05) is 0 Å². The first-order valence-corrected chi connectivity index (χ1v) is 27.8. The lowest BCUT2D eigenvalue weighted by Crippen LogP contribution is -2.96. The zero-order valence-corrected chi connectivity index (χ0v) is 39.7. The summed E-state index contributed by atoms with van der Waals surface area (Å²) >= 11 is 0. The lowest BCUT2D eigenvalue weighted by Gasteiger charge is -2.79. The largest absolute Gasteiger partial charge is 0.509 e. The number of carboxylic acid groups (broad SMARTS) is 3. The first-order chi connectivity index (χ1) is 36.2. The average molecular weight is 1030 g/mol. The van der Waals surface area contributed by atoms with Gasteiger partial charge in [0.25, 0.3) is 0 Å². The van der Waals surface area contributed by atoms with Gasteiger partial charge in [0.2, 0.25) is 11.6 Å². The van der Waals surface area contributed by atoms with Gasteiger partial charge in [-0.3, -0.25) is 4.79 Å². The quantitative estimate of drug-likeness (QED) is 0.140. The molecular weight excluding hydrogens is 989 g/mol. The summed E-state index contributed by atoms with van der Waals surface area (Å²) in [6.07, 6.45) is 12.9. The standard InChI is InChI=1S/C57H42O19/c1-13-26-28(39(64)65)21-7-14(37(60)61)6-17-9-24-51-49(75-51)33-32(31(26)52(51)45(17,21)72-52)48-34-15(8-25(59)44(13,48)71-48)11-42-56(68,70-42)23-5-4-22(58)29-20-10-19(38(62)63)18-3-2-16-12-41(55(24,67)69-41)40(49)54-43(66)35(27(20)30(18)46(16,54)73-54)53(47(23,29)74-53)57(42)50(34,76-57)36(33)43/h3-8,10,15-17,20,23-24,27-28,30-36,40,58-59,66-68H,2,9,11-12H2,1H3,(H,60,61)(H,62,63)(H,64,65)/t15?,16?,17?,20?,23?,24?,27?,28?,30?,31?,32?,33?,34?,35?,36?,40?,41-,42-,43+,44-,45-,46+,47+,48+,49-,50-,51+,52+,53-,54-,55+,56-,57-/m0/s1. The van der Waals surface area contributed by atoms with Crippen LogP contribution in [0.4, 0.5) is 0 Å². The number of fused-ring (bicyclic) bond motifs is 3. The van der Waals surface area contributed by atoms with Gasteiger partial charge in [0.05, 0.1) is 28.9 Å². The molecule has 384 valence electrons. The molecule has 18 aliphatic carbocycles. The van der Waals surface area contributed by atoms with Gasteiger partial charge in [-0.2, -0.15) is 0 Å². The number of hydrogen-bond donors (Lipinski definition) is 8. The summed E-state index contributed by atoms with van der Waals surface area (Å²) in [7, 11) is 0. The number of aliphatic hydroxyl groups excluding tert-OH is 2. The molecule has 19 nitrogen and oxygen atoms in total. The summed E-state index contributed by atoms with van der Waals surface area (Å²) in [5, 5.41) is 104. The van der Waals surface area contributed by atoms with Crippen molar-refractivity contribution in [1.82, 2.24) is 0 Å². The second-order valence-corrected chi connectivity index (χ2v) is 29.2. The van der Waals surface area contributed by atoms with Crippen LogP contribution in [0.3, 0.4) is 0 Å². The smallest absolute Gasteiger partial charge is 0.335 e. The number of aliphatic carboxylic acids is 3. The summed E-state index contributed by atoms with van der Waals surface area (Å²) in [5.74, 6) is -20.7. The molecule has 12 saturated carbocycles. The van der Waals surface area contributed by atoms with Crippen molar-refractivity contribution in [3.05, 3.63) is 93.1 Å². The van der Waals surface area contributed by atoms with E-state index in [2.05, 4.69) is 0 Å². The van der Waals surface area contributed by atoms with Crippen LogP contribution in [0, 0.1) is 94.7 Å². The summed E-state index contributed by atoms with van der Waals surface area (Å²) in [5.41, 5.74) is -20.4. The number of ether oxygens (including phenoxy) is 8. The number of allylic oxidation sites excluding steroid dienone is 4. The average Bonchev–Trinajstić information content (AvgIpc) is 2.74. The number of carbonyl (C=O) groups is 3. The normalized spacial score (nSPS) is 76.3. The van der Waals surface area contributed by atoms with E-state index in [4.69, 9.17) is 37.9 Å². The molecule has 0 aromatic rings. The fourth-order valence-electron chi connectivity index (χ4n) is 30.0. The van der Waals surface area contributed by atoms with E-state index in [0.717, 1.165) is 0 Å². The van der Waals surface area contributed by atoms with Crippen LogP contribution in [0.2, 0.25) is 0 Å². The van der Waals surface area contributed by atoms with Crippen LogP contribution in [0.1, 0.15) is 32.6 Å². The maximum Gasteiger partial charge on any atom is 0.335 e. The zero-order chi connectivity index (χ0) is 50.1. The number of epoxide rings is 8. The van der Waals surface area contributed by atoms with Crippen molar-refractivity contribution < 1.29 is 93.1 Å². The van der Waals surface area contributed by atoms with Crippen LogP contribution < -0.4 is 0 Å². The van der Waals surface area contributed by atoms with Crippen molar-refractivity contribution in [2.45, 2.75) is 128 Å². The van der Waals surface area contributed by atoms with Crippen molar-refractivity contribution >= 4 is 17.9 Å². The Morgan fingerprint density at radius 2 is 1.55 bits per heavy atom. The molecule has 8 saturated heterocycles. The Balaban J connectivity index is 0.879. The highest BCUT2D eigenvalue weighted by Gasteiger charge is 3.26. The molecule has 8 N–H and O–H groups in total. The molecular formula is C57H42O19. The predicted octanol–water partition coefficient (Wildman–Crippen LogP) is 0.430. The van der Waals surface area contributed by atoms with E-state index in [1.807, 2.05) is 13.0 Å². The molecule has 26 rings (SSSR count). The van der Waals surface area contributed by atoms with Crippen molar-refractivity contribution in [1.29, 1.82) is 0 Å².